The number of carbonyl (C=O) groups excluding carboxylic acids is 3. The van der Waals surface area contributed by atoms with Gasteiger partial charge < -0.3 is 24.4 Å². The van der Waals surface area contributed by atoms with E-state index >= 15 is 0 Å². The Morgan fingerprint density at radius 1 is 1.16 bits per heavy atom. The quantitative estimate of drug-likeness (QED) is 0.615. The molecule has 2 rings (SSSR count). The summed E-state index contributed by atoms with van der Waals surface area (Å²) < 4.78 is 16.1. The van der Waals surface area contributed by atoms with E-state index in [1.54, 1.807) is 11.8 Å². The number of amides is 2. The van der Waals surface area contributed by atoms with Gasteiger partial charge in [-0.3, -0.25) is 4.79 Å². The van der Waals surface area contributed by atoms with Crippen LogP contribution in [0.15, 0.2) is 30.3 Å². The molecule has 1 aromatic rings. The van der Waals surface area contributed by atoms with Crippen molar-refractivity contribution in [2.75, 3.05) is 20.8 Å². The first-order chi connectivity index (χ1) is 15.1. The Hall–Kier alpha value is -2.61. The van der Waals surface area contributed by atoms with E-state index < -0.39 is 35.7 Å². The average Bonchev–Trinajstić information content (AvgIpc) is 3.22. The molecule has 178 valence electrons. The smallest absolute Gasteiger partial charge is 0.410 e. The van der Waals surface area contributed by atoms with Crippen molar-refractivity contribution in [1.29, 1.82) is 0 Å². The van der Waals surface area contributed by atoms with Crippen molar-refractivity contribution in [2.45, 2.75) is 70.7 Å². The molecule has 4 atom stereocenters. The zero-order chi connectivity index (χ0) is 23.9. The highest BCUT2D eigenvalue weighted by Crippen LogP contribution is 2.28. The van der Waals surface area contributed by atoms with Crippen molar-refractivity contribution >= 4 is 18.0 Å². The second-order valence-electron chi connectivity index (χ2n) is 9.15. The zero-order valence-electron chi connectivity index (χ0n) is 19.9. The molecule has 1 aliphatic heterocycles. The third-order valence-corrected chi connectivity index (χ3v) is 5.57. The van der Waals surface area contributed by atoms with Gasteiger partial charge in [-0.2, -0.15) is 0 Å². The molecular formula is C24H36N2O6. The van der Waals surface area contributed by atoms with Crippen molar-refractivity contribution < 1.29 is 28.6 Å². The lowest BCUT2D eigenvalue weighted by Gasteiger charge is -2.35. The van der Waals surface area contributed by atoms with E-state index in [1.165, 1.54) is 14.2 Å². The van der Waals surface area contributed by atoms with Crippen molar-refractivity contribution in [2.24, 2.45) is 5.92 Å². The third kappa shape index (κ3) is 6.95. The molecule has 1 N–H and O–H groups in total. The molecule has 0 saturated carbocycles. The maximum Gasteiger partial charge on any atom is 0.410 e. The molecule has 32 heavy (non-hydrogen) atoms. The lowest BCUT2D eigenvalue weighted by atomic mass is 9.94. The van der Waals surface area contributed by atoms with Gasteiger partial charge in [-0.05, 0) is 39.2 Å². The van der Waals surface area contributed by atoms with Crippen LogP contribution in [0, 0.1) is 5.92 Å². The number of benzene rings is 1. The van der Waals surface area contributed by atoms with E-state index in [0.717, 1.165) is 12.0 Å². The van der Waals surface area contributed by atoms with Gasteiger partial charge in [0, 0.05) is 20.1 Å². The summed E-state index contributed by atoms with van der Waals surface area (Å²) in [4.78, 5) is 39.7. The monoisotopic (exact) mass is 448 g/mol. The molecule has 1 aliphatic rings. The second kappa shape index (κ2) is 11.3. The molecule has 1 heterocycles. The van der Waals surface area contributed by atoms with Gasteiger partial charge in [-0.1, -0.05) is 37.3 Å². The Bertz CT molecular complexity index is 776. The molecule has 0 bridgehead atoms. The van der Waals surface area contributed by atoms with Gasteiger partial charge in [0.1, 0.15) is 11.6 Å². The van der Waals surface area contributed by atoms with E-state index in [2.05, 4.69) is 5.32 Å². The first kappa shape index (κ1) is 25.6. The Balaban J connectivity index is 2.11. The average molecular weight is 449 g/mol. The summed E-state index contributed by atoms with van der Waals surface area (Å²) in [7, 11) is 2.83. The van der Waals surface area contributed by atoms with Crippen LogP contribution in [0.2, 0.25) is 0 Å². The van der Waals surface area contributed by atoms with Crippen LogP contribution >= 0.6 is 0 Å². The minimum Gasteiger partial charge on any atom is -0.467 e. The zero-order valence-corrected chi connectivity index (χ0v) is 19.9. The highest BCUT2D eigenvalue weighted by molar-refractivity contribution is 5.86. The standard InChI is InChI=1S/C24H36N2O6/c1-16(20(30-5)19-13-10-14-26(19)23(29)32-24(2,3)4)21(27)25-18(22(28)31-6)15-17-11-8-7-9-12-17/h7-9,11-12,16,18-20H,10,13-15H2,1-6H3,(H,25,27)/t16-,18?,19?,20-/m1/s1. The molecular weight excluding hydrogens is 412 g/mol. The maximum absolute atomic E-state index is 13.1. The second-order valence-corrected chi connectivity index (χ2v) is 9.15. The molecule has 8 nitrogen and oxygen atoms in total. The molecule has 1 fully saturated rings. The third-order valence-electron chi connectivity index (χ3n) is 5.57. The molecule has 8 heteroatoms. The predicted octanol–water partition coefficient (Wildman–Crippen LogP) is 2.94. The van der Waals surface area contributed by atoms with E-state index in [-0.39, 0.29) is 11.9 Å². The lowest BCUT2D eigenvalue weighted by molar-refractivity contribution is -0.146. The number of carbonyl (C=O) groups is 3. The number of rotatable bonds is 8. The summed E-state index contributed by atoms with van der Waals surface area (Å²) in [6.45, 7) is 7.75. The van der Waals surface area contributed by atoms with Crippen LogP contribution in [0.25, 0.3) is 0 Å². The number of hydrogen-bond acceptors (Lipinski definition) is 6. The van der Waals surface area contributed by atoms with Crippen molar-refractivity contribution in [3.05, 3.63) is 35.9 Å². The Morgan fingerprint density at radius 2 is 1.81 bits per heavy atom. The minimum atomic E-state index is -0.819. The number of methoxy groups -OCH3 is 2. The number of likely N-dealkylation sites (tertiary alicyclic amines) is 1. The largest absolute Gasteiger partial charge is 0.467 e. The van der Waals surface area contributed by atoms with Crippen molar-refractivity contribution in [3.63, 3.8) is 0 Å². The highest BCUT2D eigenvalue weighted by atomic mass is 16.6. The van der Waals surface area contributed by atoms with Gasteiger partial charge in [0.25, 0.3) is 0 Å². The van der Waals surface area contributed by atoms with Crippen LogP contribution < -0.4 is 5.32 Å². The van der Waals surface area contributed by atoms with Crippen LogP contribution in [-0.4, -0.2) is 67.4 Å². The van der Waals surface area contributed by atoms with Crippen LogP contribution in [0.1, 0.15) is 46.1 Å². The fourth-order valence-electron chi connectivity index (χ4n) is 4.01. The predicted molar refractivity (Wildman–Crippen MR) is 120 cm³/mol. The van der Waals surface area contributed by atoms with Gasteiger partial charge in [-0.25, -0.2) is 9.59 Å². The van der Waals surface area contributed by atoms with Gasteiger partial charge >= 0.3 is 12.1 Å². The van der Waals surface area contributed by atoms with Crippen LogP contribution in [0.5, 0.6) is 0 Å². The number of nitrogens with one attached hydrogen (secondary N) is 1. The maximum atomic E-state index is 13.1. The van der Waals surface area contributed by atoms with Crippen LogP contribution in [0.3, 0.4) is 0 Å². The van der Waals surface area contributed by atoms with E-state index in [4.69, 9.17) is 14.2 Å². The Labute approximate surface area is 190 Å². The summed E-state index contributed by atoms with van der Waals surface area (Å²) in [5.41, 5.74) is 0.298. The minimum absolute atomic E-state index is 0.290. The Morgan fingerprint density at radius 3 is 2.38 bits per heavy atom. The molecule has 2 unspecified atom stereocenters. The molecule has 1 saturated heterocycles. The molecule has 1 aromatic carbocycles. The first-order valence-corrected chi connectivity index (χ1v) is 11.0. The van der Waals surface area contributed by atoms with Gasteiger partial charge in [0.05, 0.1) is 25.2 Å². The van der Waals surface area contributed by atoms with E-state index in [1.807, 2.05) is 51.1 Å². The molecule has 0 spiro atoms. The van der Waals surface area contributed by atoms with Crippen LogP contribution in [-0.2, 0) is 30.2 Å². The first-order valence-electron chi connectivity index (χ1n) is 11.0. The highest BCUT2D eigenvalue weighted by Gasteiger charge is 2.41. The number of esters is 1. The van der Waals surface area contributed by atoms with Gasteiger partial charge in [0.15, 0.2) is 0 Å². The van der Waals surface area contributed by atoms with Gasteiger partial charge in [0.2, 0.25) is 5.91 Å². The fourth-order valence-corrected chi connectivity index (χ4v) is 4.01. The normalized spacial score (nSPS) is 19.1. The summed E-state index contributed by atoms with van der Waals surface area (Å²) in [6.07, 6.45) is 0.875. The molecule has 0 radical (unpaired) electrons. The molecule has 0 aromatic heterocycles. The summed E-state index contributed by atoms with van der Waals surface area (Å²) in [5, 5.41) is 2.81. The molecule has 0 aliphatic carbocycles. The number of ether oxygens (including phenoxy) is 3. The number of hydrogen-bond donors (Lipinski definition) is 1. The Kier molecular flexibility index (Phi) is 9.07. The van der Waals surface area contributed by atoms with E-state index in [0.29, 0.717) is 19.4 Å². The van der Waals surface area contributed by atoms with Crippen molar-refractivity contribution in [3.8, 4) is 0 Å². The lowest BCUT2D eigenvalue weighted by Crippen LogP contribution is -2.53. The van der Waals surface area contributed by atoms with Crippen LogP contribution in [0.4, 0.5) is 4.79 Å². The van der Waals surface area contributed by atoms with Gasteiger partial charge in [-0.15, -0.1) is 0 Å². The molecule has 2 amide bonds. The SMILES string of the molecule is COC(=O)C(Cc1ccccc1)NC(=O)[C@H](C)[C@@H](OC)C1CCCN1C(=O)OC(C)(C)C. The topological polar surface area (TPSA) is 94.2 Å². The summed E-state index contributed by atoms with van der Waals surface area (Å²) in [5.74, 6) is -1.45. The van der Waals surface area contributed by atoms with Crippen molar-refractivity contribution in [1.82, 2.24) is 10.2 Å². The fraction of sp³-hybridized carbons (Fsp3) is 0.625. The summed E-state index contributed by atoms with van der Waals surface area (Å²) >= 11 is 0. The van der Waals surface area contributed by atoms with E-state index in [9.17, 15) is 14.4 Å². The summed E-state index contributed by atoms with van der Waals surface area (Å²) in [6, 6.07) is 8.31. The number of nitrogens with zero attached hydrogens (tertiary/aromatic N) is 1.